The molecule has 1 saturated heterocycles. The fourth-order valence-electron chi connectivity index (χ4n) is 6.20. The van der Waals surface area contributed by atoms with Gasteiger partial charge in [-0.1, -0.05) is 150 Å². The number of allylic oxidation sites excluding steroid dienone is 13. The molecular formula is C47H79NO8. The Morgan fingerprint density at radius 2 is 1.12 bits per heavy atom. The molecule has 320 valence electrons. The summed E-state index contributed by atoms with van der Waals surface area (Å²) < 4.78 is 11.1. The molecule has 0 aromatic carbocycles. The second-order valence-electron chi connectivity index (χ2n) is 14.7. The number of hydrogen-bond donors (Lipinski definition) is 6. The van der Waals surface area contributed by atoms with Crippen LogP contribution in [0.2, 0.25) is 0 Å². The van der Waals surface area contributed by atoms with Crippen molar-refractivity contribution < 1.29 is 39.8 Å². The minimum absolute atomic E-state index is 0.206. The van der Waals surface area contributed by atoms with Crippen molar-refractivity contribution in [3.63, 3.8) is 0 Å². The molecule has 1 amide bonds. The lowest BCUT2D eigenvalue weighted by Gasteiger charge is -2.40. The van der Waals surface area contributed by atoms with E-state index >= 15 is 0 Å². The zero-order chi connectivity index (χ0) is 40.9. The Balaban J connectivity index is 2.34. The standard InChI is InChI=1S/C47H79NO8/c1-3-5-7-9-11-13-15-16-17-18-19-20-21-22-23-24-25-26-27-29-31-33-35-37-43(51)48-40(39-55-47-46(54)45(53)44(52)42(38-49)56-47)41(50)36-34-32-30-28-14-12-10-8-6-4-2/h5,7,11,13-14,16-17,19-20,22-23,28,34,36,40-42,44-47,49-50,52-54H,3-4,6,8-10,12,15,18,21,24-27,29-33,35,37-39H2,1-2H3,(H,48,51)/b7-5-,13-11-,17-16-,20-19-,23-22-,28-14+,36-34+. The maximum Gasteiger partial charge on any atom is 0.220 e. The number of carbonyl (C=O) groups excluding carboxylic acids is 1. The van der Waals surface area contributed by atoms with Gasteiger partial charge < -0.3 is 40.3 Å². The molecule has 9 heteroatoms. The molecule has 1 aliphatic heterocycles. The average molecular weight is 786 g/mol. The minimum Gasteiger partial charge on any atom is -0.394 e. The number of unbranched alkanes of at least 4 members (excludes halogenated alkanes) is 12. The zero-order valence-corrected chi connectivity index (χ0v) is 34.8. The summed E-state index contributed by atoms with van der Waals surface area (Å²) in [6, 6.07) is -0.830. The highest BCUT2D eigenvalue weighted by Gasteiger charge is 2.44. The Kier molecular flexibility index (Phi) is 33.7. The Morgan fingerprint density at radius 3 is 1.71 bits per heavy atom. The van der Waals surface area contributed by atoms with E-state index in [2.05, 4.69) is 92.1 Å². The van der Waals surface area contributed by atoms with Crippen molar-refractivity contribution in [3.8, 4) is 0 Å². The molecule has 1 fully saturated rings. The van der Waals surface area contributed by atoms with Crippen molar-refractivity contribution in [1.29, 1.82) is 0 Å². The third kappa shape index (κ3) is 27.1. The van der Waals surface area contributed by atoms with E-state index in [1.54, 1.807) is 6.08 Å². The zero-order valence-electron chi connectivity index (χ0n) is 34.8. The van der Waals surface area contributed by atoms with Crippen LogP contribution in [-0.2, 0) is 14.3 Å². The van der Waals surface area contributed by atoms with Crippen molar-refractivity contribution in [1.82, 2.24) is 5.32 Å². The van der Waals surface area contributed by atoms with E-state index in [9.17, 15) is 30.3 Å². The van der Waals surface area contributed by atoms with Gasteiger partial charge in [-0.15, -0.1) is 0 Å². The lowest BCUT2D eigenvalue weighted by Crippen LogP contribution is -2.60. The van der Waals surface area contributed by atoms with Crippen molar-refractivity contribution in [2.75, 3.05) is 13.2 Å². The smallest absolute Gasteiger partial charge is 0.220 e. The van der Waals surface area contributed by atoms with Crippen molar-refractivity contribution in [2.45, 2.75) is 192 Å². The molecule has 7 atom stereocenters. The SMILES string of the molecule is CC/C=C\C/C=C\C/C=C\C/C=C\C/C=C\CCCCCCCCCC(=O)NC(COC1OC(CO)C(O)C(O)C1O)C(O)/C=C/CC/C=C/CCCCCC. The van der Waals surface area contributed by atoms with Crippen LogP contribution >= 0.6 is 0 Å². The summed E-state index contributed by atoms with van der Waals surface area (Å²) in [5, 5.41) is 54.0. The molecule has 1 heterocycles. The Bertz CT molecular complexity index is 1140. The first-order valence-corrected chi connectivity index (χ1v) is 21.8. The first kappa shape index (κ1) is 51.4. The number of hydrogen-bond acceptors (Lipinski definition) is 8. The van der Waals surface area contributed by atoms with Gasteiger partial charge in [0.1, 0.15) is 24.4 Å². The van der Waals surface area contributed by atoms with E-state index in [1.165, 1.54) is 44.9 Å². The fraction of sp³-hybridized carbons (Fsp3) is 0.681. The van der Waals surface area contributed by atoms with E-state index in [4.69, 9.17) is 9.47 Å². The molecule has 1 rings (SSSR count). The van der Waals surface area contributed by atoms with Crippen molar-refractivity contribution in [3.05, 3.63) is 85.1 Å². The second kappa shape index (κ2) is 36.7. The van der Waals surface area contributed by atoms with Gasteiger partial charge in [-0.3, -0.25) is 4.79 Å². The van der Waals surface area contributed by atoms with Crippen LogP contribution in [0.1, 0.15) is 149 Å². The van der Waals surface area contributed by atoms with E-state index in [1.807, 2.05) is 6.08 Å². The van der Waals surface area contributed by atoms with Crippen LogP contribution in [0.15, 0.2) is 85.1 Å². The number of carbonyl (C=O) groups is 1. The summed E-state index contributed by atoms with van der Waals surface area (Å²) in [4.78, 5) is 12.9. The van der Waals surface area contributed by atoms with E-state index in [0.717, 1.165) is 83.5 Å². The summed E-state index contributed by atoms with van der Waals surface area (Å²) in [5.41, 5.74) is 0. The molecular weight excluding hydrogens is 707 g/mol. The monoisotopic (exact) mass is 786 g/mol. The molecule has 0 bridgehead atoms. The summed E-state index contributed by atoms with van der Waals surface area (Å²) >= 11 is 0. The van der Waals surface area contributed by atoms with Crippen LogP contribution in [0.3, 0.4) is 0 Å². The van der Waals surface area contributed by atoms with Gasteiger partial charge in [-0.2, -0.15) is 0 Å². The summed E-state index contributed by atoms with van der Waals surface area (Å²) in [6.07, 6.45) is 43.5. The molecule has 0 saturated carbocycles. The summed E-state index contributed by atoms with van der Waals surface area (Å²) in [7, 11) is 0. The van der Waals surface area contributed by atoms with Gasteiger partial charge in [0.15, 0.2) is 6.29 Å². The second-order valence-corrected chi connectivity index (χ2v) is 14.7. The van der Waals surface area contributed by atoms with Crippen LogP contribution in [0, 0.1) is 0 Å². The third-order valence-corrected chi connectivity index (χ3v) is 9.70. The normalized spacial score (nSPS) is 22.0. The van der Waals surface area contributed by atoms with Gasteiger partial charge in [-0.05, 0) is 77.0 Å². The first-order chi connectivity index (χ1) is 27.3. The lowest BCUT2D eigenvalue weighted by molar-refractivity contribution is -0.302. The largest absolute Gasteiger partial charge is 0.394 e. The first-order valence-electron chi connectivity index (χ1n) is 21.8. The van der Waals surface area contributed by atoms with Gasteiger partial charge in [0.2, 0.25) is 5.91 Å². The number of nitrogens with one attached hydrogen (secondary N) is 1. The topological polar surface area (TPSA) is 149 Å². The van der Waals surface area contributed by atoms with Gasteiger partial charge in [0, 0.05) is 6.42 Å². The van der Waals surface area contributed by atoms with E-state index < -0.39 is 49.5 Å². The number of ether oxygens (including phenoxy) is 2. The maximum absolute atomic E-state index is 12.9. The van der Waals surface area contributed by atoms with Crippen LogP contribution < -0.4 is 5.32 Å². The molecule has 0 spiro atoms. The fourth-order valence-corrected chi connectivity index (χ4v) is 6.20. The van der Waals surface area contributed by atoms with Gasteiger partial charge in [-0.25, -0.2) is 0 Å². The summed E-state index contributed by atoms with van der Waals surface area (Å²) in [6.45, 7) is 3.57. The molecule has 0 aromatic heterocycles. The van der Waals surface area contributed by atoms with Gasteiger partial charge in [0.05, 0.1) is 25.4 Å². The van der Waals surface area contributed by atoms with Gasteiger partial charge >= 0.3 is 0 Å². The van der Waals surface area contributed by atoms with Crippen molar-refractivity contribution in [2.24, 2.45) is 0 Å². The van der Waals surface area contributed by atoms with Crippen LogP contribution in [0.25, 0.3) is 0 Å². The average Bonchev–Trinajstić information content (AvgIpc) is 3.20. The number of rotatable bonds is 34. The quantitative estimate of drug-likeness (QED) is 0.0280. The van der Waals surface area contributed by atoms with Crippen LogP contribution in [-0.4, -0.2) is 87.5 Å². The van der Waals surface area contributed by atoms with Crippen LogP contribution in [0.5, 0.6) is 0 Å². The molecule has 6 N–H and O–H groups in total. The Morgan fingerprint density at radius 1 is 0.625 bits per heavy atom. The number of aliphatic hydroxyl groups excluding tert-OH is 5. The summed E-state index contributed by atoms with van der Waals surface area (Å²) in [5.74, 6) is -0.206. The highest BCUT2D eigenvalue weighted by atomic mass is 16.7. The number of amides is 1. The molecule has 1 aliphatic rings. The molecule has 7 unspecified atom stereocenters. The number of aliphatic hydroxyl groups is 5. The maximum atomic E-state index is 12.9. The Labute approximate surface area is 340 Å². The van der Waals surface area contributed by atoms with Crippen molar-refractivity contribution >= 4 is 5.91 Å². The molecule has 56 heavy (non-hydrogen) atoms. The molecule has 9 nitrogen and oxygen atoms in total. The van der Waals surface area contributed by atoms with E-state index in [0.29, 0.717) is 6.42 Å². The minimum atomic E-state index is -1.58. The molecule has 0 aliphatic carbocycles. The Hall–Kier alpha value is -2.63. The molecule has 0 aromatic rings. The van der Waals surface area contributed by atoms with Crippen LogP contribution in [0.4, 0.5) is 0 Å². The predicted octanol–water partition coefficient (Wildman–Crippen LogP) is 8.77. The predicted molar refractivity (Wildman–Crippen MR) is 230 cm³/mol. The highest BCUT2D eigenvalue weighted by Crippen LogP contribution is 2.22. The van der Waals surface area contributed by atoms with E-state index in [-0.39, 0.29) is 12.5 Å². The van der Waals surface area contributed by atoms with Gasteiger partial charge in [0.25, 0.3) is 0 Å². The lowest BCUT2D eigenvalue weighted by atomic mass is 9.99. The third-order valence-electron chi connectivity index (χ3n) is 9.70. The molecule has 0 radical (unpaired) electrons. The highest BCUT2D eigenvalue weighted by molar-refractivity contribution is 5.76.